The Hall–Kier alpha value is -1.44. The van der Waals surface area contributed by atoms with Crippen molar-refractivity contribution in [1.82, 2.24) is 0 Å². The van der Waals surface area contributed by atoms with Crippen molar-refractivity contribution in [3.63, 3.8) is 0 Å². The Labute approximate surface area is 172 Å². The maximum Gasteiger partial charge on any atom is 0.126 e. The summed E-state index contributed by atoms with van der Waals surface area (Å²) in [6, 6.07) is 6.37. The maximum absolute atomic E-state index is 6.28. The van der Waals surface area contributed by atoms with E-state index in [2.05, 4.69) is 51.1 Å². The first kappa shape index (κ1) is 21.3. The molecule has 1 aromatic carbocycles. The first-order valence-electron chi connectivity index (χ1n) is 11.6. The molecule has 0 radical (unpaired) electrons. The molecule has 156 valence electrons. The van der Waals surface area contributed by atoms with Gasteiger partial charge in [0.2, 0.25) is 0 Å². The van der Waals surface area contributed by atoms with Crippen molar-refractivity contribution in [3.05, 3.63) is 29.8 Å². The summed E-state index contributed by atoms with van der Waals surface area (Å²) >= 11 is 0. The lowest BCUT2D eigenvalue weighted by Gasteiger charge is -2.23. The number of allylic oxidation sites excluding steroid dienone is 1. The molecule has 0 aromatic heterocycles. The standard InChI is InChI=1S/C26H40O2/c1-26(2,3)17-16-23-18-24(27-19-21-10-6-4-7-11-21)14-15-25(23)28-20-22-12-8-5-9-13-22/h14-18,21-22H,4-13,19-20H2,1-3H3/b17-16+. The minimum Gasteiger partial charge on any atom is -0.493 e. The summed E-state index contributed by atoms with van der Waals surface area (Å²) in [7, 11) is 0. The van der Waals surface area contributed by atoms with Crippen molar-refractivity contribution in [1.29, 1.82) is 0 Å². The second-order valence-electron chi connectivity index (χ2n) is 10.0. The average Bonchev–Trinajstić information content (AvgIpc) is 2.71. The van der Waals surface area contributed by atoms with Crippen LogP contribution >= 0.6 is 0 Å². The number of hydrogen-bond acceptors (Lipinski definition) is 2. The maximum atomic E-state index is 6.28. The van der Waals surface area contributed by atoms with E-state index in [0.717, 1.165) is 42.1 Å². The van der Waals surface area contributed by atoms with Gasteiger partial charge in [0.1, 0.15) is 11.5 Å². The topological polar surface area (TPSA) is 18.5 Å². The number of hydrogen-bond donors (Lipinski definition) is 0. The summed E-state index contributed by atoms with van der Waals surface area (Å²) < 4.78 is 12.5. The van der Waals surface area contributed by atoms with E-state index >= 15 is 0 Å². The monoisotopic (exact) mass is 384 g/mol. The summed E-state index contributed by atoms with van der Waals surface area (Å²) in [6.07, 6.45) is 18.0. The smallest absolute Gasteiger partial charge is 0.126 e. The third kappa shape index (κ3) is 7.18. The summed E-state index contributed by atoms with van der Waals surface area (Å²) in [4.78, 5) is 0. The molecule has 2 saturated carbocycles. The first-order chi connectivity index (χ1) is 13.5. The van der Waals surface area contributed by atoms with E-state index in [-0.39, 0.29) is 5.41 Å². The van der Waals surface area contributed by atoms with Crippen molar-refractivity contribution in [2.24, 2.45) is 17.3 Å². The molecule has 0 saturated heterocycles. The van der Waals surface area contributed by atoms with E-state index in [0.29, 0.717) is 0 Å². The van der Waals surface area contributed by atoms with Gasteiger partial charge in [-0.15, -0.1) is 0 Å². The van der Waals surface area contributed by atoms with Gasteiger partial charge in [0.05, 0.1) is 13.2 Å². The second kappa shape index (κ2) is 10.4. The van der Waals surface area contributed by atoms with Crippen LogP contribution in [0.25, 0.3) is 6.08 Å². The van der Waals surface area contributed by atoms with Gasteiger partial charge in [0, 0.05) is 5.56 Å². The molecule has 2 nitrogen and oxygen atoms in total. The van der Waals surface area contributed by atoms with E-state index in [9.17, 15) is 0 Å². The highest BCUT2D eigenvalue weighted by Crippen LogP contribution is 2.31. The Kier molecular flexibility index (Phi) is 7.88. The SMILES string of the molecule is CC(C)(C)/C=C/c1cc(OCC2CCCCC2)ccc1OCC1CCCCC1. The van der Waals surface area contributed by atoms with Crippen LogP contribution in [-0.2, 0) is 0 Å². The molecule has 2 aliphatic rings. The van der Waals surface area contributed by atoms with Crippen LogP contribution in [0.1, 0.15) is 90.5 Å². The molecule has 0 N–H and O–H groups in total. The fourth-order valence-electron chi connectivity index (χ4n) is 4.35. The molecule has 0 unspecified atom stereocenters. The van der Waals surface area contributed by atoms with E-state index in [1.54, 1.807) is 0 Å². The highest BCUT2D eigenvalue weighted by Gasteiger charge is 2.16. The summed E-state index contributed by atoms with van der Waals surface area (Å²) in [5, 5.41) is 0. The van der Waals surface area contributed by atoms with E-state index in [1.807, 2.05) is 0 Å². The molecule has 0 amide bonds. The molecular formula is C26H40O2. The second-order valence-corrected chi connectivity index (χ2v) is 10.0. The van der Waals surface area contributed by atoms with Gasteiger partial charge in [-0.2, -0.15) is 0 Å². The minimum atomic E-state index is 0.152. The van der Waals surface area contributed by atoms with Gasteiger partial charge < -0.3 is 9.47 Å². The van der Waals surface area contributed by atoms with Gasteiger partial charge in [-0.1, -0.05) is 71.4 Å². The van der Waals surface area contributed by atoms with Crippen molar-refractivity contribution in [2.75, 3.05) is 13.2 Å². The predicted octanol–water partition coefficient (Wildman–Crippen LogP) is 7.66. The number of ether oxygens (including phenoxy) is 2. The quantitative estimate of drug-likeness (QED) is 0.480. The number of benzene rings is 1. The Morgan fingerprint density at radius 3 is 1.96 bits per heavy atom. The van der Waals surface area contributed by atoms with Crippen LogP contribution in [0.2, 0.25) is 0 Å². The van der Waals surface area contributed by atoms with Gasteiger partial charge in [-0.05, 0) is 61.1 Å². The molecule has 0 aliphatic heterocycles. The van der Waals surface area contributed by atoms with Crippen LogP contribution in [0, 0.1) is 17.3 Å². The fourth-order valence-corrected chi connectivity index (χ4v) is 4.35. The summed E-state index contributed by atoms with van der Waals surface area (Å²) in [6.45, 7) is 8.39. The summed E-state index contributed by atoms with van der Waals surface area (Å²) in [5.74, 6) is 3.42. The fraction of sp³-hybridized carbons (Fsp3) is 0.692. The highest BCUT2D eigenvalue weighted by molar-refractivity contribution is 5.60. The molecule has 2 fully saturated rings. The molecule has 1 aromatic rings. The number of rotatable bonds is 7. The zero-order chi connectivity index (χ0) is 19.8. The normalized spacial score (nSPS) is 19.8. The molecule has 0 spiro atoms. The molecule has 3 rings (SSSR count). The molecular weight excluding hydrogens is 344 g/mol. The van der Waals surface area contributed by atoms with Crippen LogP contribution in [0.15, 0.2) is 24.3 Å². The van der Waals surface area contributed by atoms with Crippen LogP contribution in [0.5, 0.6) is 11.5 Å². The van der Waals surface area contributed by atoms with Gasteiger partial charge in [-0.3, -0.25) is 0 Å². The Balaban J connectivity index is 1.65. The van der Waals surface area contributed by atoms with Crippen molar-refractivity contribution < 1.29 is 9.47 Å². The van der Waals surface area contributed by atoms with Crippen molar-refractivity contribution in [3.8, 4) is 11.5 Å². The van der Waals surface area contributed by atoms with Crippen LogP contribution in [0.4, 0.5) is 0 Å². The lowest BCUT2D eigenvalue weighted by atomic mass is 9.90. The molecule has 0 heterocycles. The Bertz CT molecular complexity index is 614. The Morgan fingerprint density at radius 1 is 0.821 bits per heavy atom. The van der Waals surface area contributed by atoms with Crippen molar-refractivity contribution in [2.45, 2.75) is 85.0 Å². The zero-order valence-electron chi connectivity index (χ0n) is 18.3. The third-order valence-electron chi connectivity index (χ3n) is 6.15. The van der Waals surface area contributed by atoms with Crippen LogP contribution in [0.3, 0.4) is 0 Å². The van der Waals surface area contributed by atoms with Crippen LogP contribution < -0.4 is 9.47 Å². The zero-order valence-corrected chi connectivity index (χ0v) is 18.3. The van der Waals surface area contributed by atoms with E-state index in [4.69, 9.17) is 9.47 Å². The van der Waals surface area contributed by atoms with Crippen LogP contribution in [-0.4, -0.2) is 13.2 Å². The van der Waals surface area contributed by atoms with Gasteiger partial charge >= 0.3 is 0 Å². The van der Waals surface area contributed by atoms with Gasteiger partial charge in [-0.25, -0.2) is 0 Å². The van der Waals surface area contributed by atoms with E-state index in [1.165, 1.54) is 64.2 Å². The van der Waals surface area contributed by atoms with Gasteiger partial charge in [0.25, 0.3) is 0 Å². The van der Waals surface area contributed by atoms with Gasteiger partial charge in [0.15, 0.2) is 0 Å². The Morgan fingerprint density at radius 2 is 1.39 bits per heavy atom. The molecule has 2 aliphatic carbocycles. The lowest BCUT2D eigenvalue weighted by Crippen LogP contribution is -2.16. The summed E-state index contributed by atoms with van der Waals surface area (Å²) in [5.41, 5.74) is 1.30. The van der Waals surface area contributed by atoms with Crippen molar-refractivity contribution >= 4 is 6.08 Å². The largest absolute Gasteiger partial charge is 0.493 e. The van der Waals surface area contributed by atoms with E-state index < -0.39 is 0 Å². The molecule has 2 heteroatoms. The predicted molar refractivity (Wildman–Crippen MR) is 119 cm³/mol. The molecule has 0 bridgehead atoms. The molecule has 28 heavy (non-hydrogen) atoms. The lowest BCUT2D eigenvalue weighted by molar-refractivity contribution is 0.204. The highest BCUT2D eigenvalue weighted by atomic mass is 16.5. The third-order valence-corrected chi connectivity index (χ3v) is 6.15. The minimum absolute atomic E-state index is 0.152. The average molecular weight is 385 g/mol. The molecule has 0 atom stereocenters. The first-order valence-corrected chi connectivity index (χ1v) is 11.6.